The average molecular weight is 519 g/mol. The van der Waals surface area contributed by atoms with Crippen molar-refractivity contribution in [3.05, 3.63) is 79.9 Å². The summed E-state index contributed by atoms with van der Waals surface area (Å²) >= 11 is 12.1. The Bertz CT molecular complexity index is 1140. The van der Waals surface area contributed by atoms with Gasteiger partial charge in [-0.05, 0) is 76.8 Å². The standard InChI is InChI=1S/C28H32Cl2O5/c1-6-35-28(33)26-19(14-24(31)21-13-11-20(29)16-23(21)30)15-25(34-5)22(27(26)32)12-10-18(4)9-7-8-17(2)3/h8,10-11,13,15-16,32H,6-7,9,12,14H2,1-5H3/b18-10+. The molecule has 188 valence electrons. The van der Waals surface area contributed by atoms with Crippen LogP contribution in [0.15, 0.2) is 47.6 Å². The van der Waals surface area contributed by atoms with E-state index >= 15 is 0 Å². The molecule has 2 rings (SSSR count). The Morgan fingerprint density at radius 2 is 1.80 bits per heavy atom. The van der Waals surface area contributed by atoms with Gasteiger partial charge in [0.1, 0.15) is 17.1 Å². The first-order valence-electron chi connectivity index (χ1n) is 11.4. The van der Waals surface area contributed by atoms with E-state index in [9.17, 15) is 14.7 Å². The van der Waals surface area contributed by atoms with Gasteiger partial charge in [0, 0.05) is 22.6 Å². The van der Waals surface area contributed by atoms with Crippen molar-refractivity contribution in [2.24, 2.45) is 0 Å². The monoisotopic (exact) mass is 518 g/mol. The van der Waals surface area contributed by atoms with E-state index in [1.807, 2.05) is 13.0 Å². The quantitative estimate of drug-likeness (QED) is 0.189. The van der Waals surface area contributed by atoms with Crippen molar-refractivity contribution in [1.82, 2.24) is 0 Å². The van der Waals surface area contributed by atoms with Crippen LogP contribution in [-0.4, -0.2) is 30.6 Å². The molecule has 0 amide bonds. The summed E-state index contributed by atoms with van der Waals surface area (Å²) < 4.78 is 10.7. The Hall–Kier alpha value is -2.76. The molecule has 0 spiro atoms. The molecule has 7 heteroatoms. The number of hydrogen-bond acceptors (Lipinski definition) is 5. The highest BCUT2D eigenvalue weighted by molar-refractivity contribution is 6.36. The van der Waals surface area contributed by atoms with Crippen LogP contribution in [0.5, 0.6) is 11.5 Å². The number of Topliss-reactive ketones (excluding diaryl/α,β-unsaturated/α-hetero) is 1. The lowest BCUT2D eigenvalue weighted by Gasteiger charge is -2.17. The number of ketones is 1. The SMILES string of the molecule is CCOC(=O)c1c(CC(=O)c2ccc(Cl)cc2Cl)cc(OC)c(C/C=C(\C)CCC=C(C)C)c1O. The summed E-state index contributed by atoms with van der Waals surface area (Å²) in [5, 5.41) is 11.8. The van der Waals surface area contributed by atoms with Crippen molar-refractivity contribution in [2.45, 2.75) is 53.4 Å². The molecule has 0 saturated heterocycles. The van der Waals surface area contributed by atoms with Gasteiger partial charge in [0.15, 0.2) is 5.78 Å². The summed E-state index contributed by atoms with van der Waals surface area (Å²) in [6, 6.07) is 6.19. The second-order valence-electron chi connectivity index (χ2n) is 8.46. The lowest BCUT2D eigenvalue weighted by Crippen LogP contribution is -2.14. The van der Waals surface area contributed by atoms with Gasteiger partial charge in [-0.1, -0.05) is 46.5 Å². The van der Waals surface area contributed by atoms with Gasteiger partial charge in [-0.15, -0.1) is 0 Å². The van der Waals surface area contributed by atoms with E-state index in [0.717, 1.165) is 18.4 Å². The summed E-state index contributed by atoms with van der Waals surface area (Å²) in [4.78, 5) is 25.8. The Balaban J connectivity index is 2.47. The molecule has 1 N–H and O–H groups in total. The highest BCUT2D eigenvalue weighted by Crippen LogP contribution is 2.37. The Morgan fingerprint density at radius 3 is 2.40 bits per heavy atom. The number of methoxy groups -OCH3 is 1. The van der Waals surface area contributed by atoms with Gasteiger partial charge in [-0.25, -0.2) is 4.79 Å². The number of esters is 1. The van der Waals surface area contributed by atoms with Crippen molar-refractivity contribution in [3.63, 3.8) is 0 Å². The minimum atomic E-state index is -0.705. The maximum Gasteiger partial charge on any atom is 0.342 e. The molecule has 2 aromatic rings. The second kappa shape index (κ2) is 13.4. The summed E-state index contributed by atoms with van der Waals surface area (Å²) in [5.41, 5.74) is 3.39. The summed E-state index contributed by atoms with van der Waals surface area (Å²) in [6.45, 7) is 7.95. The van der Waals surface area contributed by atoms with Crippen LogP contribution in [0.1, 0.15) is 72.4 Å². The third kappa shape index (κ3) is 7.87. The molecular weight excluding hydrogens is 487 g/mol. The molecule has 0 saturated carbocycles. The highest BCUT2D eigenvalue weighted by atomic mass is 35.5. The average Bonchev–Trinajstić information content (AvgIpc) is 2.77. The molecular formula is C28H32Cl2O5. The van der Waals surface area contributed by atoms with Gasteiger partial charge in [0.25, 0.3) is 0 Å². The van der Waals surface area contributed by atoms with Gasteiger partial charge < -0.3 is 14.6 Å². The Kier molecular flexibility index (Phi) is 10.9. The molecule has 0 aliphatic heterocycles. The zero-order chi connectivity index (χ0) is 26.1. The van der Waals surface area contributed by atoms with Crippen LogP contribution in [-0.2, 0) is 17.6 Å². The van der Waals surface area contributed by atoms with E-state index in [0.29, 0.717) is 28.3 Å². The number of rotatable bonds is 11. The summed E-state index contributed by atoms with van der Waals surface area (Å²) in [6.07, 6.45) is 6.16. The van der Waals surface area contributed by atoms with Crippen LogP contribution in [0.2, 0.25) is 10.0 Å². The van der Waals surface area contributed by atoms with Crippen molar-refractivity contribution in [1.29, 1.82) is 0 Å². The third-order valence-corrected chi connectivity index (χ3v) is 6.02. The normalized spacial score (nSPS) is 11.2. The molecule has 0 atom stereocenters. The maximum atomic E-state index is 13.0. The summed E-state index contributed by atoms with van der Waals surface area (Å²) in [7, 11) is 1.48. The topological polar surface area (TPSA) is 72.8 Å². The first-order chi connectivity index (χ1) is 16.6. The predicted molar refractivity (Wildman–Crippen MR) is 141 cm³/mol. The molecule has 2 aromatic carbocycles. The number of ether oxygens (including phenoxy) is 2. The number of carbonyl (C=O) groups is 2. The first-order valence-corrected chi connectivity index (χ1v) is 12.2. The molecule has 0 aliphatic carbocycles. The number of phenolic OH excluding ortho intramolecular Hbond substituents is 1. The number of benzene rings is 2. The van der Waals surface area contributed by atoms with E-state index < -0.39 is 5.97 Å². The predicted octanol–water partition coefficient (Wildman–Crippen LogP) is 7.54. The third-order valence-electron chi connectivity index (χ3n) is 5.47. The minimum absolute atomic E-state index is 0.0447. The molecule has 5 nitrogen and oxygen atoms in total. The van der Waals surface area contributed by atoms with Crippen LogP contribution >= 0.6 is 23.2 Å². The van der Waals surface area contributed by atoms with Gasteiger partial charge >= 0.3 is 5.97 Å². The second-order valence-corrected chi connectivity index (χ2v) is 9.30. The number of aromatic hydroxyl groups is 1. The number of hydrogen-bond donors (Lipinski definition) is 1. The van der Waals surface area contributed by atoms with Crippen LogP contribution in [0, 0.1) is 0 Å². The number of halogens is 2. The number of allylic oxidation sites excluding steroid dienone is 4. The molecule has 0 heterocycles. The minimum Gasteiger partial charge on any atom is -0.507 e. The van der Waals surface area contributed by atoms with Crippen molar-refractivity contribution in [2.75, 3.05) is 13.7 Å². The lowest BCUT2D eigenvalue weighted by molar-refractivity contribution is 0.0521. The van der Waals surface area contributed by atoms with Crippen molar-refractivity contribution in [3.8, 4) is 11.5 Å². The van der Waals surface area contributed by atoms with Crippen LogP contribution in [0.4, 0.5) is 0 Å². The van der Waals surface area contributed by atoms with Crippen LogP contribution < -0.4 is 4.74 Å². The van der Waals surface area contributed by atoms with Gasteiger partial charge in [-0.3, -0.25) is 4.79 Å². The number of carbonyl (C=O) groups excluding carboxylic acids is 2. The zero-order valence-corrected chi connectivity index (χ0v) is 22.3. The molecule has 0 bridgehead atoms. The van der Waals surface area contributed by atoms with E-state index in [-0.39, 0.29) is 40.7 Å². The molecule has 0 unspecified atom stereocenters. The molecule has 0 aromatic heterocycles. The Labute approximate surface area is 217 Å². The zero-order valence-electron chi connectivity index (χ0n) is 20.8. The fraction of sp³-hybridized carbons (Fsp3) is 0.357. The van der Waals surface area contributed by atoms with Gasteiger partial charge in [-0.2, -0.15) is 0 Å². The fourth-order valence-electron chi connectivity index (χ4n) is 3.64. The van der Waals surface area contributed by atoms with E-state index in [2.05, 4.69) is 19.9 Å². The first kappa shape index (κ1) is 28.5. The fourth-order valence-corrected chi connectivity index (χ4v) is 4.15. The Morgan fingerprint density at radius 1 is 1.09 bits per heavy atom. The maximum absolute atomic E-state index is 13.0. The van der Waals surface area contributed by atoms with E-state index in [4.69, 9.17) is 32.7 Å². The smallest absolute Gasteiger partial charge is 0.342 e. The van der Waals surface area contributed by atoms with Gasteiger partial charge in [0.2, 0.25) is 0 Å². The molecule has 0 radical (unpaired) electrons. The summed E-state index contributed by atoms with van der Waals surface area (Å²) in [5.74, 6) is -0.903. The number of phenols is 1. The molecule has 0 fully saturated rings. The van der Waals surface area contributed by atoms with Gasteiger partial charge in [0.05, 0.1) is 18.7 Å². The van der Waals surface area contributed by atoms with E-state index in [1.54, 1.807) is 19.1 Å². The van der Waals surface area contributed by atoms with Crippen LogP contribution in [0.3, 0.4) is 0 Å². The highest BCUT2D eigenvalue weighted by Gasteiger charge is 2.26. The largest absolute Gasteiger partial charge is 0.507 e. The van der Waals surface area contributed by atoms with Crippen LogP contribution in [0.25, 0.3) is 0 Å². The molecule has 0 aliphatic rings. The van der Waals surface area contributed by atoms with Crippen molar-refractivity contribution >= 4 is 35.0 Å². The van der Waals surface area contributed by atoms with E-state index in [1.165, 1.54) is 24.8 Å². The molecule has 35 heavy (non-hydrogen) atoms. The van der Waals surface area contributed by atoms with Crippen molar-refractivity contribution < 1.29 is 24.2 Å². The lowest BCUT2D eigenvalue weighted by atomic mass is 9.93.